The van der Waals surface area contributed by atoms with Crippen molar-refractivity contribution in [3.8, 4) is 33.8 Å². The first kappa shape index (κ1) is 46.7. The van der Waals surface area contributed by atoms with Gasteiger partial charge in [-0.15, -0.1) is 0 Å². The van der Waals surface area contributed by atoms with Crippen LogP contribution in [0.15, 0.2) is 109 Å². The third-order valence-corrected chi connectivity index (χ3v) is 11.2. The summed E-state index contributed by atoms with van der Waals surface area (Å²) in [5, 5.41) is 10.2. The number of carbonyl (C=O) groups is 2. The number of halogens is 4. The average Bonchev–Trinajstić information content (AvgIpc) is 3.19. The van der Waals surface area contributed by atoms with Crippen LogP contribution in [0.5, 0.6) is 11.5 Å². The number of methoxy groups -OCH3 is 2. The van der Waals surface area contributed by atoms with Crippen LogP contribution < -0.4 is 31.2 Å². The maximum Gasteiger partial charge on any atom is 0.326 e. The Morgan fingerprint density at radius 2 is 1.15 bits per heavy atom. The van der Waals surface area contributed by atoms with Gasteiger partial charge in [0.2, 0.25) is 5.91 Å². The number of carboxylic acids is 1. The van der Waals surface area contributed by atoms with Crippen molar-refractivity contribution < 1.29 is 38.4 Å². The van der Waals surface area contributed by atoms with Gasteiger partial charge in [0.1, 0.15) is 46.9 Å². The number of primary amides is 1. The average molecular weight is 888 g/mol. The Hall–Kier alpha value is -6.32. The highest BCUT2D eigenvalue weighted by Crippen LogP contribution is 2.38. The molecular formula is C46H46Cl2F2N6O6. The largest absolute Gasteiger partial charge is 0.496 e. The second kappa shape index (κ2) is 20.5. The first-order valence-corrected chi connectivity index (χ1v) is 19.9. The molecule has 0 bridgehead atoms. The second-order valence-electron chi connectivity index (χ2n) is 14.4. The van der Waals surface area contributed by atoms with E-state index in [2.05, 4.69) is 9.97 Å². The van der Waals surface area contributed by atoms with E-state index in [1.54, 1.807) is 96.2 Å². The lowest BCUT2D eigenvalue weighted by molar-refractivity contribution is -0.140. The van der Waals surface area contributed by atoms with Crippen molar-refractivity contribution in [1.29, 1.82) is 0 Å². The monoisotopic (exact) mass is 886 g/mol. The highest BCUT2D eigenvalue weighted by Gasteiger charge is 2.35. The van der Waals surface area contributed by atoms with Gasteiger partial charge >= 0.3 is 5.97 Å². The smallest absolute Gasteiger partial charge is 0.326 e. The third-order valence-electron chi connectivity index (χ3n) is 10.7. The lowest BCUT2D eigenvalue weighted by Gasteiger charge is -2.39. The summed E-state index contributed by atoms with van der Waals surface area (Å²) in [6, 6.07) is 27.5. The van der Waals surface area contributed by atoms with E-state index in [0.29, 0.717) is 92.4 Å². The summed E-state index contributed by atoms with van der Waals surface area (Å²) in [6.07, 6.45) is 5.43. The van der Waals surface area contributed by atoms with E-state index < -0.39 is 12.0 Å². The quantitative estimate of drug-likeness (QED) is 0.107. The summed E-state index contributed by atoms with van der Waals surface area (Å²) in [5.41, 5.74) is 10.2. The number of amides is 1. The zero-order valence-electron chi connectivity index (χ0n) is 34.0. The number of hydrogen-bond donors (Lipinski definition) is 3. The number of pyridine rings is 2. The molecule has 0 aliphatic carbocycles. The Balaban J connectivity index is 0.000000227. The fraction of sp³-hybridized carbons (Fsp3) is 0.217. The lowest BCUT2D eigenvalue weighted by Crippen LogP contribution is -2.55. The minimum atomic E-state index is -0.846. The summed E-state index contributed by atoms with van der Waals surface area (Å²) in [5.74, 6) is 0.288. The number of carbonyl (C=O) groups excluding carboxylic acids is 1. The summed E-state index contributed by atoms with van der Waals surface area (Å²) < 4.78 is 41.6. The SMILES string of the molecule is COc1ccc(Cc2ccc(N3CCC3C(=O)O)nc2)c(F)c1-c1cccc(Cl)c1.COc1ccc(Cc2ccc(N3CCC3C(N)=O)nc2)c(F)c1-c1cccc(Cl)c1.N.O. The Morgan fingerprint density at radius 1 is 0.710 bits per heavy atom. The number of carboxylic acid groups (broad SMARTS) is 1. The Bertz CT molecular complexity index is 2360. The Morgan fingerprint density at radius 3 is 1.47 bits per heavy atom. The van der Waals surface area contributed by atoms with Crippen LogP contribution in [0.3, 0.4) is 0 Å². The van der Waals surface area contributed by atoms with Crippen molar-refractivity contribution >= 4 is 46.7 Å². The van der Waals surface area contributed by atoms with Crippen molar-refractivity contribution in [2.24, 2.45) is 5.73 Å². The molecule has 1 amide bonds. The summed E-state index contributed by atoms with van der Waals surface area (Å²) >= 11 is 12.2. The molecular weight excluding hydrogens is 841 g/mol. The zero-order valence-corrected chi connectivity index (χ0v) is 35.5. The van der Waals surface area contributed by atoms with Crippen LogP contribution in [-0.2, 0) is 22.4 Å². The standard InChI is InChI=1S/C23H21ClFN3O2.C23H20ClFN2O3.H3N.H2O/c1-30-19-7-6-16(22(25)21(19)15-3-2-4-17(24)12-15)11-14-5-8-20(27-13-14)28-10-9-18(28)23(26)29;1-30-19-7-6-16(22(25)21(19)15-3-2-4-17(24)12-15)11-14-5-8-20(26-13-14)27-10-9-18(27)23(28)29;;/h2-8,12-13,18H,9-11H2,1H3,(H2,26,29);2-8,12-13,18H,9-11H2,1H3,(H,28,29);1H3;1H2. The predicted molar refractivity (Wildman–Crippen MR) is 238 cm³/mol. The Labute approximate surface area is 367 Å². The maximum atomic E-state index is 15.4. The predicted octanol–water partition coefficient (Wildman–Crippen LogP) is 8.35. The molecule has 4 aromatic carbocycles. The molecule has 2 unspecified atom stereocenters. The molecule has 8 rings (SSSR count). The van der Waals surface area contributed by atoms with Gasteiger partial charge in [-0.2, -0.15) is 0 Å². The van der Waals surface area contributed by atoms with Gasteiger partial charge in [0, 0.05) is 48.4 Å². The summed E-state index contributed by atoms with van der Waals surface area (Å²) in [7, 11) is 3.02. The van der Waals surface area contributed by atoms with E-state index in [1.807, 2.05) is 23.1 Å². The van der Waals surface area contributed by atoms with Gasteiger partial charge in [0.15, 0.2) is 0 Å². The van der Waals surface area contributed by atoms with Crippen LogP contribution in [0.25, 0.3) is 22.3 Å². The fourth-order valence-corrected chi connectivity index (χ4v) is 7.72. The highest BCUT2D eigenvalue weighted by atomic mass is 35.5. The molecule has 324 valence electrons. The van der Waals surface area contributed by atoms with Crippen LogP contribution in [-0.4, -0.2) is 71.8 Å². The van der Waals surface area contributed by atoms with Crippen molar-refractivity contribution in [3.05, 3.63) is 153 Å². The number of ether oxygens (including phenoxy) is 2. The van der Waals surface area contributed by atoms with Crippen molar-refractivity contribution in [2.75, 3.05) is 37.1 Å². The number of anilines is 2. The molecule has 2 aliphatic rings. The van der Waals surface area contributed by atoms with E-state index in [4.69, 9.17) is 38.4 Å². The van der Waals surface area contributed by atoms with Gasteiger partial charge in [0.05, 0.1) is 25.3 Å². The molecule has 62 heavy (non-hydrogen) atoms. The lowest BCUT2D eigenvalue weighted by atomic mass is 9.97. The molecule has 0 saturated carbocycles. The van der Waals surface area contributed by atoms with Gasteiger partial charge < -0.3 is 41.7 Å². The van der Waals surface area contributed by atoms with E-state index in [1.165, 1.54) is 14.2 Å². The summed E-state index contributed by atoms with van der Waals surface area (Å²) in [6.45, 7) is 1.41. The van der Waals surface area contributed by atoms with E-state index in [-0.39, 0.29) is 35.2 Å². The minimum absolute atomic E-state index is 0. The fourth-order valence-electron chi connectivity index (χ4n) is 7.34. The molecule has 2 fully saturated rings. The highest BCUT2D eigenvalue weighted by molar-refractivity contribution is 6.31. The molecule has 2 saturated heterocycles. The molecule has 4 heterocycles. The van der Waals surface area contributed by atoms with E-state index in [0.717, 1.165) is 24.1 Å². The number of nitrogens with zero attached hydrogens (tertiary/aromatic N) is 4. The van der Waals surface area contributed by atoms with E-state index in [9.17, 15) is 14.7 Å². The molecule has 2 atom stereocenters. The molecule has 0 radical (unpaired) electrons. The first-order valence-electron chi connectivity index (χ1n) is 19.1. The van der Waals surface area contributed by atoms with Crippen LogP contribution in [0.1, 0.15) is 35.1 Å². The number of rotatable bonds is 12. The van der Waals surface area contributed by atoms with Gasteiger partial charge in [-0.05, 0) is 94.8 Å². The van der Waals surface area contributed by atoms with E-state index >= 15 is 8.78 Å². The van der Waals surface area contributed by atoms with Gasteiger partial charge in [-0.3, -0.25) is 4.79 Å². The molecule has 6 aromatic rings. The Kier molecular flexibility index (Phi) is 15.5. The van der Waals surface area contributed by atoms with Crippen LogP contribution in [0.4, 0.5) is 20.4 Å². The van der Waals surface area contributed by atoms with Gasteiger partial charge in [-0.25, -0.2) is 23.5 Å². The summed E-state index contributed by atoms with van der Waals surface area (Å²) in [4.78, 5) is 35.1. The molecule has 12 nitrogen and oxygen atoms in total. The van der Waals surface area contributed by atoms with Crippen LogP contribution in [0, 0.1) is 11.6 Å². The van der Waals surface area contributed by atoms with Crippen LogP contribution in [0.2, 0.25) is 10.0 Å². The maximum absolute atomic E-state index is 15.4. The van der Waals surface area contributed by atoms with Gasteiger partial charge in [0.25, 0.3) is 0 Å². The first-order chi connectivity index (χ1) is 28.9. The van der Waals surface area contributed by atoms with Crippen molar-refractivity contribution in [1.82, 2.24) is 16.1 Å². The topological polar surface area (TPSA) is 198 Å². The molecule has 16 heteroatoms. The normalized spacial score (nSPS) is 15.1. The van der Waals surface area contributed by atoms with Crippen LogP contribution >= 0.6 is 23.2 Å². The molecule has 0 spiro atoms. The molecule has 2 aliphatic heterocycles. The number of nitrogens with two attached hydrogens (primary N) is 1. The molecule has 8 N–H and O–H groups in total. The third kappa shape index (κ3) is 10.1. The number of aromatic nitrogens is 2. The zero-order chi connectivity index (χ0) is 42.5. The molecule has 2 aromatic heterocycles. The number of hydrogen-bond acceptors (Lipinski definition) is 9. The van der Waals surface area contributed by atoms with Crippen molar-refractivity contribution in [2.45, 2.75) is 37.8 Å². The number of benzene rings is 4. The second-order valence-corrected chi connectivity index (χ2v) is 15.3. The minimum Gasteiger partial charge on any atom is -0.496 e. The van der Waals surface area contributed by atoms with Gasteiger partial charge in [-0.1, -0.05) is 71.7 Å². The number of aliphatic carboxylic acids is 1. The van der Waals surface area contributed by atoms with Crippen molar-refractivity contribution in [3.63, 3.8) is 0 Å².